The average molecular weight is 234 g/mol. The van der Waals surface area contributed by atoms with Crippen LogP contribution in [0.2, 0.25) is 0 Å². The van der Waals surface area contributed by atoms with Crippen LogP contribution in [0.4, 0.5) is 0 Å². The van der Waals surface area contributed by atoms with Crippen molar-refractivity contribution in [2.45, 2.75) is 25.0 Å². The van der Waals surface area contributed by atoms with E-state index in [1.807, 2.05) is 7.05 Å². The average Bonchev–Trinajstić information content (AvgIpc) is 3.11. The van der Waals surface area contributed by atoms with Gasteiger partial charge in [-0.2, -0.15) is 0 Å². The highest BCUT2D eigenvalue weighted by atomic mass is 16.5. The van der Waals surface area contributed by atoms with E-state index in [0.717, 1.165) is 12.3 Å². The summed E-state index contributed by atoms with van der Waals surface area (Å²) in [6.07, 6.45) is 2.89. The van der Waals surface area contributed by atoms with E-state index in [2.05, 4.69) is 48.6 Å². The molecule has 0 aliphatic heterocycles. The molecule has 1 aromatic rings. The second-order valence-corrected chi connectivity index (χ2v) is 4.99. The summed E-state index contributed by atoms with van der Waals surface area (Å²) in [5.74, 6) is 0.996. The number of rotatable bonds is 6. The molecule has 1 unspecified atom stereocenters. The number of benzene rings is 1. The fraction of sp³-hybridized carbons (Fsp3) is 0.571. The molecule has 17 heavy (non-hydrogen) atoms. The van der Waals surface area contributed by atoms with Gasteiger partial charge in [0.1, 0.15) is 5.75 Å². The van der Waals surface area contributed by atoms with Gasteiger partial charge in [-0.3, -0.25) is 0 Å². The number of nitrogens with zero attached hydrogens (tertiary/aromatic N) is 1. The van der Waals surface area contributed by atoms with Crippen molar-refractivity contribution in [3.05, 3.63) is 29.8 Å². The molecule has 1 aliphatic carbocycles. The molecule has 0 radical (unpaired) electrons. The SMILES string of the molecule is CNC(CN(C)C)c1ccc(OC2CC2)cc1. The molecular formula is C14H22N2O. The summed E-state index contributed by atoms with van der Waals surface area (Å²) in [7, 11) is 6.19. The molecule has 94 valence electrons. The second kappa shape index (κ2) is 5.52. The van der Waals surface area contributed by atoms with E-state index >= 15 is 0 Å². The van der Waals surface area contributed by atoms with Crippen LogP contribution in [0.15, 0.2) is 24.3 Å². The third kappa shape index (κ3) is 3.72. The number of likely N-dealkylation sites (N-methyl/N-ethyl adjacent to an activating group) is 2. The van der Waals surface area contributed by atoms with Gasteiger partial charge in [0, 0.05) is 12.6 Å². The van der Waals surface area contributed by atoms with Crippen molar-refractivity contribution in [3.8, 4) is 5.75 Å². The number of nitrogens with one attached hydrogen (secondary N) is 1. The summed E-state index contributed by atoms with van der Waals surface area (Å²) in [4.78, 5) is 2.19. The van der Waals surface area contributed by atoms with E-state index in [-0.39, 0.29) is 0 Å². The van der Waals surface area contributed by atoms with Gasteiger partial charge in [-0.1, -0.05) is 12.1 Å². The minimum Gasteiger partial charge on any atom is -0.490 e. The van der Waals surface area contributed by atoms with Crippen molar-refractivity contribution in [1.82, 2.24) is 10.2 Å². The maximum atomic E-state index is 5.74. The molecule has 0 aromatic heterocycles. The molecule has 0 spiro atoms. The van der Waals surface area contributed by atoms with E-state index in [4.69, 9.17) is 4.74 Å². The van der Waals surface area contributed by atoms with E-state index < -0.39 is 0 Å². The highest BCUT2D eigenvalue weighted by Gasteiger charge is 2.23. The molecule has 1 atom stereocenters. The Kier molecular flexibility index (Phi) is 4.02. The van der Waals surface area contributed by atoms with Gasteiger partial charge >= 0.3 is 0 Å². The van der Waals surface area contributed by atoms with Crippen molar-refractivity contribution < 1.29 is 4.74 Å². The topological polar surface area (TPSA) is 24.5 Å². The van der Waals surface area contributed by atoms with Crippen LogP contribution in [0.1, 0.15) is 24.4 Å². The molecular weight excluding hydrogens is 212 g/mol. The summed E-state index contributed by atoms with van der Waals surface area (Å²) in [6.45, 7) is 0.999. The van der Waals surface area contributed by atoms with Crippen molar-refractivity contribution in [2.24, 2.45) is 0 Å². The Balaban J connectivity index is 1.98. The molecule has 0 heterocycles. The lowest BCUT2D eigenvalue weighted by molar-refractivity contribution is 0.303. The third-order valence-electron chi connectivity index (χ3n) is 3.01. The zero-order valence-corrected chi connectivity index (χ0v) is 10.9. The Hall–Kier alpha value is -1.06. The van der Waals surface area contributed by atoms with Gasteiger partial charge in [0.25, 0.3) is 0 Å². The lowest BCUT2D eigenvalue weighted by Crippen LogP contribution is -2.28. The van der Waals surface area contributed by atoms with Gasteiger partial charge in [-0.05, 0) is 51.7 Å². The number of ether oxygens (including phenoxy) is 1. The molecule has 1 aromatic carbocycles. The standard InChI is InChI=1S/C14H22N2O/c1-15-14(10-16(2)3)11-4-6-12(7-5-11)17-13-8-9-13/h4-7,13-15H,8-10H2,1-3H3. The first-order chi connectivity index (χ1) is 8.19. The quantitative estimate of drug-likeness (QED) is 0.815. The van der Waals surface area contributed by atoms with Crippen molar-refractivity contribution >= 4 is 0 Å². The monoisotopic (exact) mass is 234 g/mol. The maximum Gasteiger partial charge on any atom is 0.119 e. The maximum absolute atomic E-state index is 5.74. The van der Waals surface area contributed by atoms with Crippen LogP contribution in [0.3, 0.4) is 0 Å². The van der Waals surface area contributed by atoms with Crippen molar-refractivity contribution in [3.63, 3.8) is 0 Å². The largest absolute Gasteiger partial charge is 0.490 e. The molecule has 2 rings (SSSR count). The fourth-order valence-electron chi connectivity index (χ4n) is 1.89. The van der Waals surface area contributed by atoms with E-state index in [1.165, 1.54) is 18.4 Å². The summed E-state index contributed by atoms with van der Waals surface area (Å²) >= 11 is 0. The lowest BCUT2D eigenvalue weighted by atomic mass is 10.1. The van der Waals surface area contributed by atoms with Crippen molar-refractivity contribution in [1.29, 1.82) is 0 Å². The van der Waals surface area contributed by atoms with E-state index in [0.29, 0.717) is 12.1 Å². The predicted octanol–water partition coefficient (Wildman–Crippen LogP) is 2.05. The molecule has 1 fully saturated rings. The smallest absolute Gasteiger partial charge is 0.119 e. The van der Waals surface area contributed by atoms with Gasteiger partial charge in [0.15, 0.2) is 0 Å². The normalized spacial score (nSPS) is 17.2. The molecule has 3 nitrogen and oxygen atoms in total. The van der Waals surface area contributed by atoms with Gasteiger partial charge in [-0.25, -0.2) is 0 Å². The molecule has 1 N–H and O–H groups in total. The Morgan fingerprint density at radius 3 is 2.41 bits per heavy atom. The minimum absolute atomic E-state index is 0.375. The van der Waals surface area contributed by atoms with E-state index in [9.17, 15) is 0 Å². The van der Waals surface area contributed by atoms with Crippen LogP contribution in [-0.2, 0) is 0 Å². The number of hydrogen-bond donors (Lipinski definition) is 1. The lowest BCUT2D eigenvalue weighted by Gasteiger charge is -2.21. The van der Waals surface area contributed by atoms with Crippen LogP contribution < -0.4 is 10.1 Å². The van der Waals surface area contributed by atoms with Crippen LogP contribution in [0.25, 0.3) is 0 Å². The zero-order valence-electron chi connectivity index (χ0n) is 10.9. The molecule has 1 saturated carbocycles. The molecule has 0 bridgehead atoms. The van der Waals surface area contributed by atoms with Crippen LogP contribution in [-0.4, -0.2) is 38.7 Å². The van der Waals surface area contributed by atoms with Crippen LogP contribution in [0.5, 0.6) is 5.75 Å². The Labute approximate surface area is 104 Å². The zero-order chi connectivity index (χ0) is 12.3. The Morgan fingerprint density at radius 2 is 1.94 bits per heavy atom. The Bertz CT molecular complexity index is 344. The van der Waals surface area contributed by atoms with Crippen LogP contribution in [0, 0.1) is 0 Å². The molecule has 3 heteroatoms. The minimum atomic E-state index is 0.375. The fourth-order valence-corrected chi connectivity index (χ4v) is 1.89. The van der Waals surface area contributed by atoms with Crippen molar-refractivity contribution in [2.75, 3.05) is 27.7 Å². The molecule has 0 saturated heterocycles. The van der Waals surface area contributed by atoms with Gasteiger partial charge < -0.3 is 15.0 Å². The second-order valence-electron chi connectivity index (χ2n) is 4.99. The highest BCUT2D eigenvalue weighted by molar-refractivity contribution is 5.29. The summed E-state index contributed by atoms with van der Waals surface area (Å²) in [5.41, 5.74) is 1.31. The first-order valence-electron chi connectivity index (χ1n) is 6.27. The third-order valence-corrected chi connectivity index (χ3v) is 3.01. The summed E-state index contributed by atoms with van der Waals surface area (Å²) < 4.78 is 5.74. The van der Waals surface area contributed by atoms with Gasteiger partial charge in [-0.15, -0.1) is 0 Å². The molecule has 1 aliphatic rings. The highest BCUT2D eigenvalue weighted by Crippen LogP contribution is 2.27. The van der Waals surface area contributed by atoms with Gasteiger partial charge in [0.05, 0.1) is 6.10 Å². The summed E-state index contributed by atoms with van der Waals surface area (Å²) in [5, 5.41) is 3.34. The molecule has 0 amide bonds. The van der Waals surface area contributed by atoms with Gasteiger partial charge in [0.2, 0.25) is 0 Å². The first kappa shape index (κ1) is 12.4. The first-order valence-corrected chi connectivity index (χ1v) is 6.27. The number of hydrogen-bond acceptors (Lipinski definition) is 3. The van der Waals surface area contributed by atoms with Crippen LogP contribution >= 0.6 is 0 Å². The predicted molar refractivity (Wildman–Crippen MR) is 70.4 cm³/mol. The van der Waals surface area contributed by atoms with E-state index in [1.54, 1.807) is 0 Å². The Morgan fingerprint density at radius 1 is 1.29 bits per heavy atom. The summed E-state index contributed by atoms with van der Waals surface area (Å²) in [6, 6.07) is 8.84.